The maximum absolute atomic E-state index is 12.7. The monoisotopic (exact) mass is 400 g/mol. The number of anilines is 1. The molecule has 0 radical (unpaired) electrons. The summed E-state index contributed by atoms with van der Waals surface area (Å²) in [6, 6.07) is 26.6. The van der Waals surface area contributed by atoms with E-state index in [9.17, 15) is 9.59 Å². The van der Waals surface area contributed by atoms with E-state index in [1.54, 1.807) is 12.1 Å². The highest BCUT2D eigenvalue weighted by Gasteiger charge is 2.25. The smallest absolute Gasteiger partial charge is 0.255 e. The summed E-state index contributed by atoms with van der Waals surface area (Å²) < 4.78 is 0. The van der Waals surface area contributed by atoms with Crippen molar-refractivity contribution < 1.29 is 9.59 Å². The van der Waals surface area contributed by atoms with Gasteiger partial charge < -0.3 is 10.6 Å². The third-order valence-corrected chi connectivity index (χ3v) is 5.22. The van der Waals surface area contributed by atoms with Crippen LogP contribution in [0.15, 0.2) is 84.9 Å². The van der Waals surface area contributed by atoms with E-state index < -0.39 is 0 Å². The molecule has 0 heterocycles. The van der Waals surface area contributed by atoms with Crippen molar-refractivity contribution in [3.63, 3.8) is 0 Å². The van der Waals surface area contributed by atoms with Gasteiger partial charge in [-0.05, 0) is 47.7 Å². The molecule has 0 saturated heterocycles. The lowest BCUT2D eigenvalue weighted by atomic mass is 9.81. The molecule has 0 aliphatic carbocycles. The molecule has 0 saturated carbocycles. The van der Waals surface area contributed by atoms with E-state index in [1.165, 1.54) is 0 Å². The minimum absolute atomic E-state index is 0.00456. The Hall–Kier alpha value is -3.40. The minimum Gasteiger partial charge on any atom is -0.350 e. The Morgan fingerprint density at radius 2 is 1.50 bits per heavy atom. The van der Waals surface area contributed by atoms with Crippen molar-refractivity contribution in [1.29, 1.82) is 0 Å². The predicted octanol–water partition coefficient (Wildman–Crippen LogP) is 5.48. The number of hydrogen-bond donors (Lipinski definition) is 2. The molecule has 1 unspecified atom stereocenters. The summed E-state index contributed by atoms with van der Waals surface area (Å²) >= 11 is 0. The Morgan fingerprint density at radius 1 is 0.867 bits per heavy atom. The van der Waals surface area contributed by atoms with E-state index in [1.807, 2.05) is 67.6 Å². The van der Waals surface area contributed by atoms with E-state index >= 15 is 0 Å². The summed E-state index contributed by atoms with van der Waals surface area (Å²) in [6.45, 7) is 6.10. The van der Waals surface area contributed by atoms with Gasteiger partial charge >= 0.3 is 0 Å². The van der Waals surface area contributed by atoms with Crippen molar-refractivity contribution in [3.8, 4) is 0 Å². The molecule has 0 aliphatic rings. The van der Waals surface area contributed by atoms with E-state index in [4.69, 9.17) is 0 Å². The molecule has 3 aromatic rings. The molecule has 30 heavy (non-hydrogen) atoms. The summed E-state index contributed by atoms with van der Waals surface area (Å²) in [5, 5.41) is 6.00. The van der Waals surface area contributed by atoms with Gasteiger partial charge in [0.1, 0.15) is 0 Å². The number of carbonyl (C=O) groups excluding carboxylic acids is 2. The third-order valence-electron chi connectivity index (χ3n) is 5.22. The van der Waals surface area contributed by atoms with E-state index in [2.05, 4.69) is 36.6 Å². The van der Waals surface area contributed by atoms with Crippen molar-refractivity contribution in [2.24, 2.45) is 0 Å². The van der Waals surface area contributed by atoms with Crippen LogP contribution < -0.4 is 10.6 Å². The number of carbonyl (C=O) groups is 2. The molecule has 1 atom stereocenters. The normalized spacial score (nSPS) is 12.1. The number of benzene rings is 3. The lowest BCUT2D eigenvalue weighted by Crippen LogP contribution is -2.32. The molecule has 0 fully saturated rings. The van der Waals surface area contributed by atoms with Crippen molar-refractivity contribution in [1.82, 2.24) is 5.32 Å². The second-order valence-corrected chi connectivity index (χ2v) is 8.16. The molecular weight excluding hydrogens is 372 g/mol. The van der Waals surface area contributed by atoms with Crippen LogP contribution in [0.2, 0.25) is 0 Å². The van der Waals surface area contributed by atoms with Crippen molar-refractivity contribution in [2.45, 2.75) is 38.6 Å². The lowest BCUT2D eigenvalue weighted by molar-refractivity contribution is -0.122. The molecule has 3 rings (SSSR count). The topological polar surface area (TPSA) is 58.2 Å². The van der Waals surface area contributed by atoms with E-state index in [0.717, 1.165) is 11.1 Å². The van der Waals surface area contributed by atoms with Crippen LogP contribution in [0.5, 0.6) is 0 Å². The number of nitrogens with one attached hydrogen (secondary N) is 2. The summed E-state index contributed by atoms with van der Waals surface area (Å²) in [6.07, 6.45) is 0.395. The van der Waals surface area contributed by atoms with Crippen LogP contribution in [0.3, 0.4) is 0 Å². The van der Waals surface area contributed by atoms with Crippen molar-refractivity contribution in [2.75, 3.05) is 5.32 Å². The number of rotatable bonds is 7. The summed E-state index contributed by atoms with van der Waals surface area (Å²) in [4.78, 5) is 25.1. The first-order chi connectivity index (χ1) is 14.3. The highest BCUT2D eigenvalue weighted by atomic mass is 16.2. The molecular formula is C26H28N2O2. The average Bonchev–Trinajstić information content (AvgIpc) is 2.74. The number of hydrogen-bond acceptors (Lipinski definition) is 2. The first kappa shape index (κ1) is 21.3. The highest BCUT2D eigenvalue weighted by Crippen LogP contribution is 2.27. The largest absolute Gasteiger partial charge is 0.350 e. The van der Waals surface area contributed by atoms with E-state index in [-0.39, 0.29) is 23.3 Å². The molecule has 2 amide bonds. The van der Waals surface area contributed by atoms with Crippen molar-refractivity contribution >= 4 is 17.5 Å². The fourth-order valence-corrected chi connectivity index (χ4v) is 3.45. The van der Waals surface area contributed by atoms with Gasteiger partial charge in [-0.2, -0.15) is 0 Å². The second-order valence-electron chi connectivity index (χ2n) is 8.16. The van der Waals surface area contributed by atoms with Gasteiger partial charge in [0.2, 0.25) is 5.91 Å². The molecule has 0 spiro atoms. The molecule has 0 aliphatic heterocycles. The van der Waals surface area contributed by atoms with Crippen LogP contribution in [0, 0.1) is 0 Å². The number of amides is 2. The zero-order chi connectivity index (χ0) is 21.6. The summed E-state index contributed by atoms with van der Waals surface area (Å²) in [7, 11) is 0. The standard InChI is InChI=1S/C26H28N2O2/c1-19(27-24(29)18-26(2,3)22-14-8-5-9-15-22)21-13-10-16-23(17-21)28-25(30)20-11-6-4-7-12-20/h4-17,19H,18H2,1-3H3,(H,27,29)(H,28,30). The average molecular weight is 401 g/mol. The summed E-state index contributed by atoms with van der Waals surface area (Å²) in [5.41, 5.74) is 3.13. The van der Waals surface area contributed by atoms with Crippen LogP contribution in [-0.4, -0.2) is 11.8 Å². The van der Waals surface area contributed by atoms with E-state index in [0.29, 0.717) is 17.7 Å². The van der Waals surface area contributed by atoms with Crippen LogP contribution >= 0.6 is 0 Å². The van der Waals surface area contributed by atoms with Crippen LogP contribution in [0.25, 0.3) is 0 Å². The van der Waals surface area contributed by atoms with Crippen LogP contribution in [-0.2, 0) is 10.2 Å². The fraction of sp³-hybridized carbons (Fsp3) is 0.231. The SMILES string of the molecule is CC(NC(=O)CC(C)(C)c1ccccc1)c1cccc(NC(=O)c2ccccc2)c1. The van der Waals surface area contributed by atoms with Crippen LogP contribution in [0.4, 0.5) is 5.69 Å². The van der Waals surface area contributed by atoms with Gasteiger partial charge in [0.05, 0.1) is 6.04 Å². The van der Waals surface area contributed by atoms with Gasteiger partial charge in [-0.15, -0.1) is 0 Å². The third kappa shape index (κ3) is 5.57. The first-order valence-electron chi connectivity index (χ1n) is 10.2. The van der Waals surface area contributed by atoms with Gasteiger partial charge in [0.25, 0.3) is 5.91 Å². The minimum atomic E-state index is -0.253. The Balaban J connectivity index is 1.63. The quantitative estimate of drug-likeness (QED) is 0.551. The van der Waals surface area contributed by atoms with Crippen LogP contribution in [0.1, 0.15) is 54.7 Å². The zero-order valence-corrected chi connectivity index (χ0v) is 17.7. The molecule has 2 N–H and O–H groups in total. The highest BCUT2D eigenvalue weighted by molar-refractivity contribution is 6.04. The van der Waals surface area contributed by atoms with Gasteiger partial charge in [0.15, 0.2) is 0 Å². The lowest BCUT2D eigenvalue weighted by Gasteiger charge is -2.26. The predicted molar refractivity (Wildman–Crippen MR) is 121 cm³/mol. The Labute approximate surface area is 178 Å². The Morgan fingerprint density at radius 3 is 2.17 bits per heavy atom. The fourth-order valence-electron chi connectivity index (χ4n) is 3.45. The first-order valence-corrected chi connectivity index (χ1v) is 10.2. The zero-order valence-electron chi connectivity index (χ0n) is 17.7. The molecule has 4 nitrogen and oxygen atoms in total. The maximum Gasteiger partial charge on any atom is 0.255 e. The molecule has 0 bridgehead atoms. The maximum atomic E-state index is 12.7. The Kier molecular flexibility index (Phi) is 6.68. The van der Waals surface area contributed by atoms with Gasteiger partial charge in [-0.25, -0.2) is 0 Å². The van der Waals surface area contributed by atoms with Gasteiger partial charge in [-0.3, -0.25) is 9.59 Å². The van der Waals surface area contributed by atoms with Gasteiger partial charge in [-0.1, -0.05) is 74.5 Å². The molecule has 154 valence electrons. The molecule has 3 aromatic carbocycles. The molecule has 0 aromatic heterocycles. The Bertz CT molecular complexity index is 998. The molecule has 4 heteroatoms. The van der Waals surface area contributed by atoms with Gasteiger partial charge in [0, 0.05) is 17.7 Å². The summed E-state index contributed by atoms with van der Waals surface area (Å²) in [5.74, 6) is -0.163. The van der Waals surface area contributed by atoms with Crippen molar-refractivity contribution in [3.05, 3.63) is 102 Å². The second kappa shape index (κ2) is 9.40.